The summed E-state index contributed by atoms with van der Waals surface area (Å²) in [4.78, 5) is 12.1. The third kappa shape index (κ3) is 4.27. The Morgan fingerprint density at radius 3 is 2.25 bits per heavy atom. The van der Waals surface area contributed by atoms with Crippen LogP contribution < -0.4 is 4.31 Å². The molecule has 0 aromatic heterocycles. The van der Waals surface area contributed by atoms with Crippen LogP contribution in [0.1, 0.15) is 13.8 Å². The Hall–Kier alpha value is -2.05. The molecule has 0 aliphatic rings. The number of hydrogen-bond acceptors (Lipinski definition) is 4. The molecule has 128 valence electrons. The summed E-state index contributed by atoms with van der Waals surface area (Å²) in [5.74, 6) is -0.649. The topological polar surface area (TPSA) is 63.7 Å². The molecule has 0 saturated carbocycles. The molecule has 0 N–H and O–H groups in total. The van der Waals surface area contributed by atoms with E-state index < -0.39 is 22.5 Å². The summed E-state index contributed by atoms with van der Waals surface area (Å²) in [5.41, 5.74) is 0.226. The van der Waals surface area contributed by atoms with E-state index in [4.69, 9.17) is 16.3 Å². The van der Waals surface area contributed by atoms with Crippen LogP contribution in [0.25, 0.3) is 0 Å². The fourth-order valence-corrected chi connectivity index (χ4v) is 3.83. The van der Waals surface area contributed by atoms with Gasteiger partial charge < -0.3 is 4.74 Å². The standard InChI is InChI=1S/C17H18ClNO4S/c1-13(2)23-17(20)12-19(16-11-7-6-10-15(16)18)24(21,22)14-8-4-3-5-9-14/h3-11,13H,12H2,1-2H3. The van der Waals surface area contributed by atoms with Crippen LogP contribution in [-0.4, -0.2) is 27.0 Å². The maximum atomic E-state index is 13.0. The van der Waals surface area contributed by atoms with Crippen LogP contribution in [0, 0.1) is 0 Å². The number of hydrogen-bond donors (Lipinski definition) is 0. The highest BCUT2D eigenvalue weighted by Gasteiger charge is 2.29. The highest BCUT2D eigenvalue weighted by molar-refractivity contribution is 7.92. The van der Waals surface area contributed by atoms with Crippen molar-refractivity contribution in [3.8, 4) is 0 Å². The molecule has 2 rings (SSSR count). The molecular formula is C17H18ClNO4S. The Kier molecular flexibility index (Phi) is 5.85. The van der Waals surface area contributed by atoms with Gasteiger partial charge in [0.15, 0.2) is 0 Å². The van der Waals surface area contributed by atoms with Gasteiger partial charge in [-0.3, -0.25) is 9.10 Å². The van der Waals surface area contributed by atoms with Crippen LogP contribution in [0.5, 0.6) is 0 Å². The fourth-order valence-electron chi connectivity index (χ4n) is 2.09. The first kappa shape index (κ1) is 18.3. The van der Waals surface area contributed by atoms with Crippen LogP contribution in [0.4, 0.5) is 5.69 Å². The predicted molar refractivity (Wildman–Crippen MR) is 93.7 cm³/mol. The minimum atomic E-state index is -3.96. The van der Waals surface area contributed by atoms with Crippen molar-refractivity contribution in [2.75, 3.05) is 10.8 Å². The van der Waals surface area contributed by atoms with Crippen LogP contribution in [0.15, 0.2) is 59.5 Å². The first-order valence-corrected chi connectivity index (χ1v) is 9.16. The molecule has 0 heterocycles. The average molecular weight is 368 g/mol. The first-order valence-electron chi connectivity index (χ1n) is 7.34. The molecule has 0 unspecified atom stereocenters. The Labute approximate surface area is 146 Å². The Bertz CT molecular complexity index is 806. The van der Waals surface area contributed by atoms with Crippen molar-refractivity contribution in [2.24, 2.45) is 0 Å². The number of nitrogens with zero attached hydrogens (tertiary/aromatic N) is 1. The highest BCUT2D eigenvalue weighted by Crippen LogP contribution is 2.30. The van der Waals surface area contributed by atoms with Gasteiger partial charge in [-0.15, -0.1) is 0 Å². The van der Waals surface area contributed by atoms with E-state index in [0.717, 1.165) is 4.31 Å². The summed E-state index contributed by atoms with van der Waals surface area (Å²) in [7, 11) is -3.96. The van der Waals surface area contributed by atoms with Crippen LogP contribution in [0.2, 0.25) is 5.02 Å². The number of sulfonamides is 1. The highest BCUT2D eigenvalue weighted by atomic mass is 35.5. The van der Waals surface area contributed by atoms with Gasteiger partial charge in [0.25, 0.3) is 10.0 Å². The average Bonchev–Trinajstić information content (AvgIpc) is 2.53. The maximum Gasteiger partial charge on any atom is 0.327 e. The number of para-hydroxylation sites is 1. The number of rotatable bonds is 6. The van der Waals surface area contributed by atoms with E-state index in [-0.39, 0.29) is 21.7 Å². The van der Waals surface area contributed by atoms with E-state index in [1.807, 2.05) is 0 Å². The smallest absolute Gasteiger partial charge is 0.327 e. The molecule has 0 aliphatic heterocycles. The minimum absolute atomic E-state index is 0.0715. The van der Waals surface area contributed by atoms with Gasteiger partial charge >= 0.3 is 5.97 Å². The van der Waals surface area contributed by atoms with E-state index in [1.54, 1.807) is 56.3 Å². The van der Waals surface area contributed by atoms with Crippen LogP contribution in [-0.2, 0) is 19.6 Å². The van der Waals surface area contributed by atoms with Crippen molar-refractivity contribution in [2.45, 2.75) is 24.8 Å². The van der Waals surface area contributed by atoms with E-state index >= 15 is 0 Å². The van der Waals surface area contributed by atoms with Gasteiger partial charge in [-0.2, -0.15) is 0 Å². The normalized spacial score (nSPS) is 11.3. The molecule has 0 spiro atoms. The van der Waals surface area contributed by atoms with Crippen LogP contribution in [0.3, 0.4) is 0 Å². The Morgan fingerprint density at radius 2 is 1.67 bits per heavy atom. The lowest BCUT2D eigenvalue weighted by Gasteiger charge is -2.25. The number of carbonyl (C=O) groups excluding carboxylic acids is 1. The van der Waals surface area contributed by atoms with Gasteiger partial charge in [-0.25, -0.2) is 8.42 Å². The second kappa shape index (κ2) is 7.68. The molecule has 0 amide bonds. The van der Waals surface area contributed by atoms with Crippen molar-refractivity contribution in [3.05, 3.63) is 59.6 Å². The number of anilines is 1. The van der Waals surface area contributed by atoms with Crippen molar-refractivity contribution in [3.63, 3.8) is 0 Å². The summed E-state index contributed by atoms with van der Waals surface area (Å²) >= 11 is 6.14. The molecule has 2 aromatic carbocycles. The maximum absolute atomic E-state index is 13.0. The minimum Gasteiger partial charge on any atom is -0.462 e. The Balaban J connectivity index is 2.47. The largest absolute Gasteiger partial charge is 0.462 e. The molecule has 0 bridgehead atoms. The molecular weight excluding hydrogens is 350 g/mol. The van der Waals surface area contributed by atoms with Gasteiger partial charge in [0.2, 0.25) is 0 Å². The number of halogens is 1. The summed E-state index contributed by atoms with van der Waals surface area (Å²) < 4.78 is 32.0. The SMILES string of the molecule is CC(C)OC(=O)CN(c1ccccc1Cl)S(=O)(=O)c1ccccc1. The lowest BCUT2D eigenvalue weighted by Crippen LogP contribution is -2.37. The fraction of sp³-hybridized carbons (Fsp3) is 0.235. The summed E-state index contributed by atoms with van der Waals surface area (Å²) in [6.07, 6.45) is -0.343. The molecule has 5 nitrogen and oxygen atoms in total. The summed E-state index contributed by atoms with van der Waals surface area (Å²) in [5, 5.41) is 0.231. The first-order chi connectivity index (χ1) is 11.3. The van der Waals surface area contributed by atoms with Crippen molar-refractivity contribution < 1.29 is 17.9 Å². The monoisotopic (exact) mass is 367 g/mol. The molecule has 0 aliphatic carbocycles. The van der Waals surface area contributed by atoms with Crippen molar-refractivity contribution in [1.82, 2.24) is 0 Å². The van der Waals surface area contributed by atoms with Gasteiger partial charge in [0.1, 0.15) is 6.54 Å². The number of ether oxygens (including phenoxy) is 1. The van der Waals surface area contributed by atoms with E-state index in [1.165, 1.54) is 12.1 Å². The number of carbonyl (C=O) groups is 1. The zero-order valence-corrected chi connectivity index (χ0v) is 14.9. The van der Waals surface area contributed by atoms with Crippen LogP contribution >= 0.6 is 11.6 Å². The van der Waals surface area contributed by atoms with E-state index in [2.05, 4.69) is 0 Å². The van der Waals surface area contributed by atoms with Crippen molar-refractivity contribution in [1.29, 1.82) is 0 Å². The van der Waals surface area contributed by atoms with Gasteiger partial charge in [-0.1, -0.05) is 41.9 Å². The number of benzene rings is 2. The molecule has 0 atom stereocenters. The molecule has 24 heavy (non-hydrogen) atoms. The Morgan fingerprint density at radius 1 is 1.08 bits per heavy atom. The zero-order valence-electron chi connectivity index (χ0n) is 13.3. The summed E-state index contributed by atoms with van der Waals surface area (Å²) in [6, 6.07) is 14.3. The predicted octanol–water partition coefficient (Wildman–Crippen LogP) is 3.49. The van der Waals surface area contributed by atoms with Gasteiger partial charge in [0, 0.05) is 0 Å². The molecule has 7 heteroatoms. The lowest BCUT2D eigenvalue weighted by atomic mass is 10.3. The van der Waals surface area contributed by atoms with Gasteiger partial charge in [-0.05, 0) is 38.1 Å². The van der Waals surface area contributed by atoms with Gasteiger partial charge in [0.05, 0.1) is 21.7 Å². The quantitative estimate of drug-likeness (QED) is 0.733. The second-order valence-electron chi connectivity index (χ2n) is 5.31. The molecule has 0 saturated heterocycles. The van der Waals surface area contributed by atoms with E-state index in [9.17, 15) is 13.2 Å². The lowest BCUT2D eigenvalue weighted by molar-refractivity contribution is -0.145. The number of esters is 1. The third-order valence-electron chi connectivity index (χ3n) is 3.09. The van der Waals surface area contributed by atoms with E-state index in [0.29, 0.717) is 0 Å². The molecule has 2 aromatic rings. The summed E-state index contributed by atoms with van der Waals surface area (Å²) in [6.45, 7) is 2.94. The second-order valence-corrected chi connectivity index (χ2v) is 7.58. The third-order valence-corrected chi connectivity index (χ3v) is 5.19. The zero-order chi connectivity index (χ0) is 17.7. The molecule has 0 radical (unpaired) electrons. The molecule has 0 fully saturated rings. The van der Waals surface area contributed by atoms with Crippen molar-refractivity contribution >= 4 is 33.3 Å².